The molecule has 0 spiro atoms. The molecule has 30 heavy (non-hydrogen) atoms. The Kier molecular flexibility index (Phi) is 4.72. The minimum absolute atomic E-state index is 0.0186. The molecule has 11 heteroatoms. The Balaban J connectivity index is 1.67. The molecule has 3 aromatic rings. The van der Waals surface area contributed by atoms with Crippen molar-refractivity contribution < 1.29 is 23.0 Å². The summed E-state index contributed by atoms with van der Waals surface area (Å²) in [5.74, 6) is 0.145. The van der Waals surface area contributed by atoms with Gasteiger partial charge in [-0.1, -0.05) is 0 Å². The van der Waals surface area contributed by atoms with E-state index in [1.165, 1.54) is 12.1 Å². The van der Waals surface area contributed by atoms with Crippen LogP contribution in [0.5, 0.6) is 11.5 Å². The van der Waals surface area contributed by atoms with Crippen molar-refractivity contribution in [2.45, 2.75) is 33.1 Å². The molecule has 1 aromatic carbocycles. The first-order valence-electron chi connectivity index (χ1n) is 9.10. The second kappa shape index (κ2) is 7.25. The van der Waals surface area contributed by atoms with Crippen LogP contribution in [0.15, 0.2) is 30.5 Å². The van der Waals surface area contributed by atoms with Crippen LogP contribution in [0.3, 0.4) is 0 Å². The summed E-state index contributed by atoms with van der Waals surface area (Å²) in [5, 5.41) is 7.38. The van der Waals surface area contributed by atoms with Gasteiger partial charge in [-0.15, -0.1) is 13.9 Å². The quantitative estimate of drug-likeness (QED) is 0.634. The zero-order chi connectivity index (χ0) is 21.5. The molecule has 0 saturated heterocycles. The lowest BCUT2D eigenvalue weighted by molar-refractivity contribution is -0.286. The predicted molar refractivity (Wildman–Crippen MR) is 102 cm³/mol. The summed E-state index contributed by atoms with van der Waals surface area (Å²) in [4.78, 5) is 20.3. The van der Waals surface area contributed by atoms with Crippen molar-refractivity contribution in [3.63, 3.8) is 0 Å². The summed E-state index contributed by atoms with van der Waals surface area (Å²) in [5.41, 5.74) is 7.86. The number of nitrogens with two attached hydrogens (primary N) is 1. The summed E-state index contributed by atoms with van der Waals surface area (Å²) < 4.78 is 36.9. The van der Waals surface area contributed by atoms with Crippen molar-refractivity contribution in [3.05, 3.63) is 41.7 Å². The smallest absolute Gasteiger partial charge is 0.395 e. The van der Waals surface area contributed by atoms with Gasteiger partial charge in [0.25, 0.3) is 0 Å². The first-order valence-corrected chi connectivity index (χ1v) is 9.10. The maximum atomic E-state index is 13.2. The Hall–Kier alpha value is -3.76. The van der Waals surface area contributed by atoms with Gasteiger partial charge >= 0.3 is 6.29 Å². The number of carbonyl (C=O) groups is 1. The zero-order valence-electron chi connectivity index (χ0n) is 16.1. The maximum Gasteiger partial charge on any atom is 0.586 e. The number of nitrogens with zero attached hydrogens (tertiary/aromatic N) is 4. The van der Waals surface area contributed by atoms with Gasteiger partial charge in [-0.25, -0.2) is 4.68 Å². The van der Waals surface area contributed by atoms with Crippen LogP contribution in [-0.4, -0.2) is 32.0 Å². The topological polar surface area (TPSA) is 117 Å². The molecule has 9 nitrogen and oxygen atoms in total. The monoisotopic (exact) mass is 416 g/mol. The van der Waals surface area contributed by atoms with Gasteiger partial charge in [0, 0.05) is 35.8 Å². The molecule has 0 aliphatic carbocycles. The second-order valence-electron chi connectivity index (χ2n) is 6.59. The third-order valence-corrected chi connectivity index (χ3v) is 4.49. The number of carbonyl (C=O) groups excluding carboxylic acids is 1. The van der Waals surface area contributed by atoms with Crippen LogP contribution in [0.2, 0.25) is 0 Å². The number of ether oxygens (including phenoxy) is 2. The summed E-state index contributed by atoms with van der Waals surface area (Å²) in [7, 11) is 0. The van der Waals surface area contributed by atoms with E-state index in [0.717, 1.165) is 0 Å². The Morgan fingerprint density at radius 1 is 1.27 bits per heavy atom. The second-order valence-corrected chi connectivity index (χ2v) is 6.59. The fraction of sp³-hybridized carbons (Fsp3) is 0.263. The fourth-order valence-corrected chi connectivity index (χ4v) is 3.17. The summed E-state index contributed by atoms with van der Waals surface area (Å²) in [6.45, 7) is 4.19. The highest BCUT2D eigenvalue weighted by Crippen LogP contribution is 2.42. The van der Waals surface area contributed by atoms with Crippen molar-refractivity contribution in [3.8, 4) is 22.9 Å². The number of halogens is 2. The average molecular weight is 416 g/mol. The van der Waals surface area contributed by atoms with Gasteiger partial charge in [-0.05, 0) is 37.6 Å². The van der Waals surface area contributed by atoms with E-state index >= 15 is 0 Å². The van der Waals surface area contributed by atoms with Crippen LogP contribution in [0, 0.1) is 6.92 Å². The molecule has 3 heterocycles. The van der Waals surface area contributed by atoms with E-state index in [-0.39, 0.29) is 23.9 Å². The molecule has 156 valence electrons. The Bertz CT molecular complexity index is 1130. The van der Waals surface area contributed by atoms with Crippen LogP contribution in [-0.2, 0) is 17.8 Å². The lowest BCUT2D eigenvalue weighted by atomic mass is 10.0. The van der Waals surface area contributed by atoms with E-state index in [0.29, 0.717) is 34.9 Å². The van der Waals surface area contributed by atoms with E-state index in [4.69, 9.17) is 5.73 Å². The van der Waals surface area contributed by atoms with Gasteiger partial charge in [0.15, 0.2) is 17.3 Å². The normalized spacial score (nSPS) is 14.0. The molecule has 0 fully saturated rings. The van der Waals surface area contributed by atoms with Gasteiger partial charge in [-0.2, -0.15) is 4.98 Å². The maximum absolute atomic E-state index is 13.2. The van der Waals surface area contributed by atoms with Crippen LogP contribution in [0.4, 0.5) is 20.4 Å². The molecule has 0 bridgehead atoms. The number of hydrogen-bond acceptors (Lipinski definition) is 7. The van der Waals surface area contributed by atoms with Crippen molar-refractivity contribution in [1.29, 1.82) is 0 Å². The van der Waals surface area contributed by atoms with Gasteiger partial charge in [-0.3, -0.25) is 9.78 Å². The number of nitrogens with one attached hydrogen (secondary N) is 1. The van der Waals surface area contributed by atoms with Gasteiger partial charge < -0.3 is 20.5 Å². The number of amides is 1. The van der Waals surface area contributed by atoms with Gasteiger partial charge in [0.2, 0.25) is 11.9 Å². The fourth-order valence-electron chi connectivity index (χ4n) is 3.17. The molecular weight excluding hydrogens is 398 g/mol. The Morgan fingerprint density at radius 2 is 2.03 bits per heavy atom. The van der Waals surface area contributed by atoms with Crippen molar-refractivity contribution in [2.24, 2.45) is 5.73 Å². The van der Waals surface area contributed by atoms with Crippen LogP contribution in [0.25, 0.3) is 11.4 Å². The molecule has 1 aliphatic heterocycles. The molecular formula is C19H18F2N6O3. The third-order valence-electron chi connectivity index (χ3n) is 4.49. The first-order chi connectivity index (χ1) is 14.3. The SMILES string of the molecule is CCn1nc(Nc2ccc3c(c2)OC(F)(F)O3)nc1-c1ccnc(C)c1CC(N)=O. The van der Waals surface area contributed by atoms with Crippen molar-refractivity contribution in [1.82, 2.24) is 19.7 Å². The van der Waals surface area contributed by atoms with Crippen LogP contribution < -0.4 is 20.5 Å². The number of aromatic nitrogens is 4. The number of rotatable bonds is 6. The molecule has 0 unspecified atom stereocenters. The minimum Gasteiger partial charge on any atom is -0.395 e. The summed E-state index contributed by atoms with van der Waals surface area (Å²) in [6.07, 6.45) is -2.05. The van der Waals surface area contributed by atoms with E-state index in [1.807, 2.05) is 6.92 Å². The van der Waals surface area contributed by atoms with Crippen molar-refractivity contribution in [2.75, 3.05) is 5.32 Å². The van der Waals surface area contributed by atoms with E-state index < -0.39 is 12.2 Å². The molecule has 0 atom stereocenters. The van der Waals surface area contributed by atoms with E-state index in [9.17, 15) is 13.6 Å². The lowest BCUT2D eigenvalue weighted by Gasteiger charge is -2.10. The minimum atomic E-state index is -3.69. The highest BCUT2D eigenvalue weighted by molar-refractivity contribution is 5.80. The Labute approximate surface area is 169 Å². The number of alkyl halides is 2. The lowest BCUT2D eigenvalue weighted by Crippen LogP contribution is -2.25. The van der Waals surface area contributed by atoms with Crippen LogP contribution >= 0.6 is 0 Å². The molecule has 2 aromatic heterocycles. The number of fused-ring (bicyclic) bond motifs is 1. The number of hydrogen-bond donors (Lipinski definition) is 2. The highest BCUT2D eigenvalue weighted by Gasteiger charge is 2.43. The van der Waals surface area contributed by atoms with Gasteiger partial charge in [0.05, 0.1) is 6.42 Å². The molecule has 3 N–H and O–H groups in total. The number of benzene rings is 1. The number of anilines is 2. The number of aryl methyl sites for hydroxylation is 2. The van der Waals surface area contributed by atoms with Gasteiger partial charge in [0.1, 0.15) is 0 Å². The molecule has 0 radical (unpaired) electrons. The largest absolute Gasteiger partial charge is 0.586 e. The van der Waals surface area contributed by atoms with Crippen LogP contribution in [0.1, 0.15) is 18.2 Å². The molecule has 4 rings (SSSR count). The highest BCUT2D eigenvalue weighted by atomic mass is 19.3. The summed E-state index contributed by atoms with van der Waals surface area (Å²) >= 11 is 0. The third kappa shape index (κ3) is 3.73. The van der Waals surface area contributed by atoms with Crippen molar-refractivity contribution >= 4 is 17.5 Å². The molecule has 1 amide bonds. The standard InChI is InChI=1S/C19H18F2N6O3/c1-3-27-17(12-6-7-23-10(2)13(12)9-16(22)28)25-18(26-27)24-11-4-5-14-15(8-11)30-19(20,21)29-14/h4-8H,3,9H2,1-2H3,(H2,22,28)(H,24,26). The number of primary amides is 1. The zero-order valence-corrected chi connectivity index (χ0v) is 16.1. The summed E-state index contributed by atoms with van der Waals surface area (Å²) in [6, 6.07) is 6.03. The predicted octanol–water partition coefficient (Wildman–Crippen LogP) is 2.76. The molecule has 1 aliphatic rings. The average Bonchev–Trinajstić information content (AvgIpc) is 3.21. The molecule has 0 saturated carbocycles. The number of pyridine rings is 1. The van der Waals surface area contributed by atoms with E-state index in [2.05, 4.69) is 29.9 Å². The Morgan fingerprint density at radius 3 is 2.77 bits per heavy atom. The first kappa shape index (κ1) is 19.6. The van der Waals surface area contributed by atoms with E-state index in [1.54, 1.807) is 29.9 Å².